The molecule has 0 radical (unpaired) electrons. The Kier molecular flexibility index (Phi) is 5.42. The van der Waals surface area contributed by atoms with Crippen molar-refractivity contribution in [3.8, 4) is 5.69 Å². The molecule has 0 bridgehead atoms. The second kappa shape index (κ2) is 7.50. The van der Waals surface area contributed by atoms with Crippen molar-refractivity contribution in [3.05, 3.63) is 47.5 Å². The summed E-state index contributed by atoms with van der Waals surface area (Å²) in [5.41, 5.74) is 1.64. The minimum absolute atomic E-state index is 0.100. The van der Waals surface area contributed by atoms with Gasteiger partial charge in [-0.15, -0.1) is 0 Å². The van der Waals surface area contributed by atoms with Crippen LogP contribution in [-0.4, -0.2) is 46.5 Å². The number of rotatable bonds is 7. The Morgan fingerprint density at radius 3 is 2.70 bits per heavy atom. The number of carboxylic acid groups (broad SMARTS) is 1. The number of benzene rings is 1. The van der Waals surface area contributed by atoms with Gasteiger partial charge in [0, 0.05) is 6.54 Å². The van der Waals surface area contributed by atoms with Crippen LogP contribution in [0.15, 0.2) is 30.5 Å². The van der Waals surface area contributed by atoms with Gasteiger partial charge in [-0.1, -0.05) is 0 Å². The molecule has 2 N–H and O–H groups in total. The van der Waals surface area contributed by atoms with E-state index in [4.69, 9.17) is 9.84 Å². The van der Waals surface area contributed by atoms with E-state index in [1.165, 1.54) is 23.0 Å². The van der Waals surface area contributed by atoms with Crippen molar-refractivity contribution < 1.29 is 23.8 Å². The molecule has 122 valence electrons. The number of carbonyl (C=O) groups excluding carboxylic acids is 1. The molecule has 0 unspecified atom stereocenters. The Morgan fingerprint density at radius 2 is 2.04 bits per heavy atom. The number of carboxylic acids is 1. The van der Waals surface area contributed by atoms with Crippen LogP contribution in [0.1, 0.15) is 16.1 Å². The van der Waals surface area contributed by atoms with Gasteiger partial charge in [-0.2, -0.15) is 5.10 Å². The molecule has 1 heterocycles. The van der Waals surface area contributed by atoms with Crippen molar-refractivity contribution in [2.45, 2.75) is 6.92 Å². The van der Waals surface area contributed by atoms with Gasteiger partial charge in [-0.05, 0) is 31.2 Å². The summed E-state index contributed by atoms with van der Waals surface area (Å²) >= 11 is 0. The zero-order chi connectivity index (χ0) is 16.8. The van der Waals surface area contributed by atoms with E-state index in [2.05, 4.69) is 10.4 Å². The van der Waals surface area contributed by atoms with Gasteiger partial charge in [0.25, 0.3) is 5.91 Å². The fourth-order valence-electron chi connectivity index (χ4n) is 1.97. The molecule has 7 nitrogen and oxygen atoms in total. The molecule has 1 aromatic carbocycles. The summed E-state index contributed by atoms with van der Waals surface area (Å²) in [6.45, 7) is 1.61. The topological polar surface area (TPSA) is 93.4 Å². The summed E-state index contributed by atoms with van der Waals surface area (Å²) in [5.74, 6) is -1.75. The van der Waals surface area contributed by atoms with E-state index >= 15 is 0 Å². The number of nitrogens with zero attached hydrogens (tertiary/aromatic N) is 2. The number of amides is 1. The number of aromatic nitrogens is 2. The number of hydrogen-bond acceptors (Lipinski definition) is 4. The minimum atomic E-state index is -1.06. The smallest absolute Gasteiger partial charge is 0.329 e. The molecular weight excluding hydrogens is 305 g/mol. The maximum absolute atomic E-state index is 12.9. The summed E-state index contributed by atoms with van der Waals surface area (Å²) in [7, 11) is 0. The first-order valence-electron chi connectivity index (χ1n) is 6.87. The highest BCUT2D eigenvalue weighted by Crippen LogP contribution is 2.14. The Balaban J connectivity index is 1.97. The van der Waals surface area contributed by atoms with Gasteiger partial charge in [-0.3, -0.25) is 4.79 Å². The van der Waals surface area contributed by atoms with Crippen LogP contribution in [0.3, 0.4) is 0 Å². The van der Waals surface area contributed by atoms with Gasteiger partial charge >= 0.3 is 5.97 Å². The van der Waals surface area contributed by atoms with E-state index in [0.29, 0.717) is 16.9 Å². The second-order valence-electron chi connectivity index (χ2n) is 4.73. The monoisotopic (exact) mass is 321 g/mol. The molecule has 0 aliphatic heterocycles. The van der Waals surface area contributed by atoms with E-state index in [1.54, 1.807) is 19.1 Å². The first-order chi connectivity index (χ1) is 11.0. The lowest BCUT2D eigenvalue weighted by Gasteiger charge is -2.07. The van der Waals surface area contributed by atoms with Crippen molar-refractivity contribution in [2.75, 3.05) is 19.8 Å². The van der Waals surface area contributed by atoms with Crippen molar-refractivity contribution in [1.29, 1.82) is 0 Å². The van der Waals surface area contributed by atoms with Crippen LogP contribution in [-0.2, 0) is 9.53 Å². The zero-order valence-electron chi connectivity index (χ0n) is 12.5. The predicted molar refractivity (Wildman–Crippen MR) is 79.0 cm³/mol. The van der Waals surface area contributed by atoms with E-state index in [9.17, 15) is 14.0 Å². The molecule has 0 aliphatic rings. The third-order valence-corrected chi connectivity index (χ3v) is 3.08. The quantitative estimate of drug-likeness (QED) is 0.746. The molecule has 0 saturated carbocycles. The van der Waals surface area contributed by atoms with E-state index in [0.717, 1.165) is 0 Å². The third kappa shape index (κ3) is 4.36. The Morgan fingerprint density at radius 1 is 1.35 bits per heavy atom. The highest BCUT2D eigenvalue weighted by molar-refractivity contribution is 5.95. The average Bonchev–Trinajstić information content (AvgIpc) is 2.89. The van der Waals surface area contributed by atoms with Crippen LogP contribution in [0.5, 0.6) is 0 Å². The third-order valence-electron chi connectivity index (χ3n) is 3.08. The Bertz CT molecular complexity index is 697. The lowest BCUT2D eigenvalue weighted by molar-refractivity contribution is -0.142. The number of nitrogens with one attached hydrogen (secondary N) is 1. The molecule has 2 rings (SSSR count). The zero-order valence-corrected chi connectivity index (χ0v) is 12.5. The lowest BCUT2D eigenvalue weighted by Crippen LogP contribution is -2.28. The normalized spacial score (nSPS) is 10.5. The number of halogens is 1. The fraction of sp³-hybridized carbons (Fsp3) is 0.267. The van der Waals surface area contributed by atoms with Gasteiger partial charge < -0.3 is 15.2 Å². The van der Waals surface area contributed by atoms with Crippen LogP contribution < -0.4 is 5.32 Å². The molecule has 0 spiro atoms. The van der Waals surface area contributed by atoms with Crippen molar-refractivity contribution >= 4 is 11.9 Å². The lowest BCUT2D eigenvalue weighted by atomic mass is 10.2. The number of carbonyl (C=O) groups is 2. The van der Waals surface area contributed by atoms with Crippen LogP contribution in [0.2, 0.25) is 0 Å². The van der Waals surface area contributed by atoms with E-state index in [1.807, 2.05) is 0 Å². The van der Waals surface area contributed by atoms with Gasteiger partial charge in [0.2, 0.25) is 0 Å². The number of aliphatic carboxylic acids is 1. The summed E-state index contributed by atoms with van der Waals surface area (Å²) in [6.07, 6.45) is 1.42. The van der Waals surface area contributed by atoms with Crippen molar-refractivity contribution in [1.82, 2.24) is 15.1 Å². The van der Waals surface area contributed by atoms with Crippen molar-refractivity contribution in [3.63, 3.8) is 0 Å². The molecule has 2 aromatic rings. The maximum Gasteiger partial charge on any atom is 0.329 e. The number of ether oxygens (including phenoxy) is 1. The van der Waals surface area contributed by atoms with Crippen LogP contribution >= 0.6 is 0 Å². The Labute approximate surface area is 131 Å². The molecule has 0 saturated heterocycles. The summed E-state index contributed by atoms with van der Waals surface area (Å²) < 4.78 is 19.3. The second-order valence-corrected chi connectivity index (χ2v) is 4.73. The van der Waals surface area contributed by atoms with Gasteiger partial charge in [0.15, 0.2) is 0 Å². The largest absolute Gasteiger partial charge is 0.480 e. The molecule has 8 heteroatoms. The van der Waals surface area contributed by atoms with Crippen LogP contribution in [0.4, 0.5) is 4.39 Å². The standard InChI is InChI=1S/C15H16FN3O4/c1-10-13(15(22)17-6-7-23-9-14(20)21)8-18-19(10)12-4-2-11(16)3-5-12/h2-5,8H,6-7,9H2,1H3,(H,17,22)(H,20,21). The Hall–Kier alpha value is -2.74. The molecule has 1 amide bonds. The van der Waals surface area contributed by atoms with Gasteiger partial charge in [-0.25, -0.2) is 13.9 Å². The first kappa shape index (κ1) is 16.6. The molecule has 0 aliphatic carbocycles. The summed E-state index contributed by atoms with van der Waals surface area (Å²) in [5, 5.41) is 15.2. The molecular formula is C15H16FN3O4. The fourth-order valence-corrected chi connectivity index (χ4v) is 1.97. The summed E-state index contributed by atoms with van der Waals surface area (Å²) in [4.78, 5) is 22.3. The van der Waals surface area contributed by atoms with E-state index < -0.39 is 12.6 Å². The molecule has 23 heavy (non-hydrogen) atoms. The highest BCUT2D eigenvalue weighted by atomic mass is 19.1. The maximum atomic E-state index is 12.9. The molecule has 1 aromatic heterocycles. The highest BCUT2D eigenvalue weighted by Gasteiger charge is 2.14. The van der Waals surface area contributed by atoms with Crippen molar-refractivity contribution in [2.24, 2.45) is 0 Å². The SMILES string of the molecule is Cc1c(C(=O)NCCOCC(=O)O)cnn1-c1ccc(F)cc1. The van der Waals surface area contributed by atoms with Gasteiger partial charge in [0.05, 0.1) is 29.7 Å². The summed E-state index contributed by atoms with van der Waals surface area (Å²) in [6, 6.07) is 5.76. The van der Waals surface area contributed by atoms with Gasteiger partial charge in [0.1, 0.15) is 12.4 Å². The minimum Gasteiger partial charge on any atom is -0.480 e. The molecule has 0 atom stereocenters. The van der Waals surface area contributed by atoms with E-state index in [-0.39, 0.29) is 24.9 Å². The molecule has 0 fully saturated rings. The first-order valence-corrected chi connectivity index (χ1v) is 6.87. The van der Waals surface area contributed by atoms with Crippen LogP contribution in [0.25, 0.3) is 5.69 Å². The van der Waals surface area contributed by atoms with Crippen LogP contribution in [0, 0.1) is 12.7 Å². The predicted octanol–water partition coefficient (Wildman–Crippen LogP) is 1.15. The number of hydrogen-bond donors (Lipinski definition) is 2. The average molecular weight is 321 g/mol.